The summed E-state index contributed by atoms with van der Waals surface area (Å²) in [5.41, 5.74) is 0. The Morgan fingerprint density at radius 1 is 1.58 bits per heavy atom. The highest BCUT2D eigenvalue weighted by Gasteiger charge is 2.09. The van der Waals surface area contributed by atoms with Crippen molar-refractivity contribution < 1.29 is 9.90 Å². The normalized spacial score (nSPS) is 11.4. The van der Waals surface area contributed by atoms with Crippen molar-refractivity contribution >= 4 is 12.2 Å². The average molecular weight is 174 g/mol. The molecule has 4 heteroatoms. The van der Waals surface area contributed by atoms with E-state index in [-0.39, 0.29) is 0 Å². The molecule has 0 aromatic rings. The molecule has 0 bridgehead atoms. The van der Waals surface area contributed by atoms with Crippen LogP contribution in [-0.4, -0.2) is 43.3 Å². The molecular weight excluding hydrogens is 156 g/mol. The zero-order valence-electron chi connectivity index (χ0n) is 8.16. The quantitative estimate of drug-likeness (QED) is 0.625. The molecule has 0 heterocycles. The molecule has 0 radical (unpaired) electrons. The van der Waals surface area contributed by atoms with Crippen LogP contribution in [0.5, 0.6) is 0 Å². The third-order valence-corrected chi connectivity index (χ3v) is 0.958. The summed E-state index contributed by atoms with van der Waals surface area (Å²) in [6.45, 7) is 1.74. The fourth-order valence-corrected chi connectivity index (χ4v) is 0.364. The van der Waals surface area contributed by atoms with Crippen LogP contribution in [0.2, 0.25) is 0 Å². The predicted molar refractivity (Wildman–Crippen MR) is 49.8 cm³/mol. The van der Waals surface area contributed by atoms with Crippen LogP contribution in [0, 0.1) is 11.3 Å². The number of hydrogen-bond donors (Lipinski definition) is 2. The Bertz CT molecular complexity index is 132. The molecule has 0 saturated carbocycles. The topological polar surface area (TPSA) is 64.4 Å². The van der Waals surface area contributed by atoms with E-state index in [1.54, 1.807) is 6.92 Å². The molecule has 0 rings (SSSR count). The van der Waals surface area contributed by atoms with Gasteiger partial charge in [-0.25, -0.2) is 0 Å². The summed E-state index contributed by atoms with van der Waals surface area (Å²) < 4.78 is 0. The first-order valence-corrected chi connectivity index (χ1v) is 3.80. The Morgan fingerprint density at radius 3 is 1.92 bits per heavy atom. The zero-order valence-corrected chi connectivity index (χ0v) is 8.16. The summed E-state index contributed by atoms with van der Waals surface area (Å²) in [5.74, 6) is -1.50. The second kappa shape index (κ2) is 8.20. The molecule has 0 saturated heterocycles. The second-order valence-electron chi connectivity index (χ2n) is 2.86. The van der Waals surface area contributed by atoms with E-state index in [4.69, 9.17) is 10.5 Å². The molecule has 0 aliphatic carbocycles. The fourth-order valence-electron chi connectivity index (χ4n) is 0.364. The van der Waals surface area contributed by atoms with Gasteiger partial charge in [-0.1, -0.05) is 6.92 Å². The first-order chi connectivity index (χ1) is 5.45. The van der Waals surface area contributed by atoms with Crippen molar-refractivity contribution in [2.75, 3.05) is 21.1 Å². The van der Waals surface area contributed by atoms with Crippen LogP contribution in [-0.2, 0) is 4.79 Å². The third kappa shape index (κ3) is 11.8. The predicted octanol–water partition coefficient (Wildman–Crippen LogP) is 0.925. The van der Waals surface area contributed by atoms with E-state index in [1.807, 2.05) is 26.0 Å². The fraction of sp³-hybridized carbons (Fsp3) is 0.750. The van der Waals surface area contributed by atoms with E-state index in [0.29, 0.717) is 6.42 Å². The third-order valence-electron chi connectivity index (χ3n) is 0.958. The van der Waals surface area contributed by atoms with Crippen molar-refractivity contribution in [2.45, 2.75) is 13.3 Å². The zero-order chi connectivity index (χ0) is 10.1. The van der Waals surface area contributed by atoms with Crippen LogP contribution >= 0.6 is 0 Å². The van der Waals surface area contributed by atoms with E-state index < -0.39 is 11.9 Å². The van der Waals surface area contributed by atoms with Crippen molar-refractivity contribution in [1.82, 2.24) is 4.90 Å². The van der Waals surface area contributed by atoms with Crippen LogP contribution in [0.3, 0.4) is 0 Å². The van der Waals surface area contributed by atoms with Crippen molar-refractivity contribution in [2.24, 2.45) is 5.92 Å². The van der Waals surface area contributed by atoms with Gasteiger partial charge in [-0.05, 0) is 27.6 Å². The van der Waals surface area contributed by atoms with Gasteiger partial charge in [0.25, 0.3) is 0 Å². The van der Waals surface area contributed by atoms with Crippen LogP contribution < -0.4 is 0 Å². The van der Waals surface area contributed by atoms with Gasteiger partial charge in [-0.2, -0.15) is 0 Å². The summed E-state index contributed by atoms with van der Waals surface area (Å²) in [6, 6.07) is 0. The summed E-state index contributed by atoms with van der Waals surface area (Å²) in [5, 5.41) is 14.8. The highest BCUT2D eigenvalue weighted by molar-refractivity contribution is 5.87. The summed E-state index contributed by atoms with van der Waals surface area (Å²) in [6.07, 6.45) is 1.45. The minimum absolute atomic E-state index is 0.499. The van der Waals surface area contributed by atoms with Crippen molar-refractivity contribution in [3.63, 3.8) is 0 Å². The van der Waals surface area contributed by atoms with E-state index in [0.717, 1.165) is 6.21 Å². The molecule has 0 amide bonds. The lowest BCUT2D eigenvalue weighted by atomic mass is 10.1. The van der Waals surface area contributed by atoms with Gasteiger partial charge in [-0.15, -0.1) is 0 Å². The number of carboxylic acid groups (broad SMARTS) is 1. The Labute approximate surface area is 73.7 Å². The SMILES string of the molecule is CCC(C=N)C(=O)O.CN(C)C. The molecule has 0 aromatic heterocycles. The van der Waals surface area contributed by atoms with Crippen LogP contribution in [0.15, 0.2) is 0 Å². The monoisotopic (exact) mass is 174 g/mol. The van der Waals surface area contributed by atoms with Gasteiger partial charge in [0.15, 0.2) is 0 Å². The van der Waals surface area contributed by atoms with Gasteiger partial charge >= 0.3 is 5.97 Å². The van der Waals surface area contributed by atoms with E-state index in [9.17, 15) is 4.79 Å². The maximum absolute atomic E-state index is 10.0. The molecule has 12 heavy (non-hydrogen) atoms. The lowest BCUT2D eigenvalue weighted by molar-refractivity contribution is -0.139. The van der Waals surface area contributed by atoms with Gasteiger partial charge in [0.2, 0.25) is 0 Å². The van der Waals surface area contributed by atoms with Crippen molar-refractivity contribution in [3.05, 3.63) is 0 Å². The summed E-state index contributed by atoms with van der Waals surface area (Å²) in [4.78, 5) is 12.0. The highest BCUT2D eigenvalue weighted by Crippen LogP contribution is 1.96. The number of nitrogens with one attached hydrogen (secondary N) is 1. The second-order valence-corrected chi connectivity index (χ2v) is 2.86. The van der Waals surface area contributed by atoms with E-state index in [2.05, 4.69) is 0 Å². The molecule has 2 N–H and O–H groups in total. The first kappa shape index (κ1) is 13.7. The van der Waals surface area contributed by atoms with Gasteiger partial charge < -0.3 is 15.4 Å². The lowest BCUT2D eigenvalue weighted by Crippen LogP contribution is -2.12. The number of carbonyl (C=O) groups is 1. The standard InChI is InChI=1S/C5H9NO2.C3H9N/c1-2-4(3-6)5(7)8;1-4(2)3/h3-4,6H,2H2,1H3,(H,7,8);1-3H3. The number of aliphatic carboxylic acids is 1. The van der Waals surface area contributed by atoms with Gasteiger partial charge in [0.05, 0.1) is 5.92 Å². The number of carboxylic acids is 1. The molecule has 72 valence electrons. The van der Waals surface area contributed by atoms with Crippen LogP contribution in [0.1, 0.15) is 13.3 Å². The van der Waals surface area contributed by atoms with E-state index >= 15 is 0 Å². The van der Waals surface area contributed by atoms with Gasteiger partial charge in [0.1, 0.15) is 0 Å². The number of hydrogen-bond acceptors (Lipinski definition) is 3. The summed E-state index contributed by atoms with van der Waals surface area (Å²) in [7, 11) is 6.00. The number of rotatable bonds is 3. The smallest absolute Gasteiger partial charge is 0.311 e. The molecule has 0 spiro atoms. The first-order valence-electron chi connectivity index (χ1n) is 3.80. The average Bonchev–Trinajstić information content (AvgIpc) is 1.87. The minimum Gasteiger partial charge on any atom is -0.481 e. The molecule has 1 unspecified atom stereocenters. The van der Waals surface area contributed by atoms with Crippen LogP contribution in [0.4, 0.5) is 0 Å². The molecule has 0 aliphatic rings. The van der Waals surface area contributed by atoms with Crippen molar-refractivity contribution in [3.8, 4) is 0 Å². The van der Waals surface area contributed by atoms with Gasteiger partial charge in [-0.3, -0.25) is 4.79 Å². The Morgan fingerprint density at radius 2 is 1.92 bits per heavy atom. The molecule has 4 nitrogen and oxygen atoms in total. The minimum atomic E-state index is -0.914. The molecule has 0 fully saturated rings. The van der Waals surface area contributed by atoms with Crippen LogP contribution in [0.25, 0.3) is 0 Å². The summed E-state index contributed by atoms with van der Waals surface area (Å²) >= 11 is 0. The molecule has 1 atom stereocenters. The molecule has 0 aromatic carbocycles. The Balaban J connectivity index is 0. The highest BCUT2D eigenvalue weighted by atomic mass is 16.4. The van der Waals surface area contributed by atoms with Crippen molar-refractivity contribution in [1.29, 1.82) is 5.41 Å². The molecule has 0 aliphatic heterocycles. The Hall–Kier alpha value is -0.900. The maximum Gasteiger partial charge on any atom is 0.311 e. The molecular formula is C8H18N2O2. The number of nitrogens with zero attached hydrogens (tertiary/aromatic N) is 1. The van der Waals surface area contributed by atoms with Gasteiger partial charge in [0, 0.05) is 6.21 Å². The largest absolute Gasteiger partial charge is 0.481 e. The van der Waals surface area contributed by atoms with E-state index in [1.165, 1.54) is 0 Å². The maximum atomic E-state index is 10.0. The Kier molecular flexibility index (Phi) is 9.34. The lowest BCUT2D eigenvalue weighted by Gasteiger charge is -1.97.